The molecular weight excluding hydrogens is 733 g/mol. The number of ether oxygens (including phenoxy) is 5. The van der Waals surface area contributed by atoms with Gasteiger partial charge in [0.2, 0.25) is 0 Å². The molecule has 1 saturated heterocycles. The molecule has 0 spiro atoms. The zero-order valence-corrected chi connectivity index (χ0v) is 34.5. The fraction of sp³-hybridized carbons (Fsp3) is 0.438. The molecule has 10 nitrogen and oxygen atoms in total. The molecule has 4 aromatic carbocycles. The highest BCUT2D eigenvalue weighted by Crippen LogP contribution is 2.48. The summed E-state index contributed by atoms with van der Waals surface area (Å²) in [4.78, 5) is 44.0. The molecule has 7 rings (SSSR count). The summed E-state index contributed by atoms with van der Waals surface area (Å²) in [5.41, 5.74) is 5.53. The van der Waals surface area contributed by atoms with Crippen molar-refractivity contribution in [2.24, 2.45) is 17.3 Å². The Morgan fingerprint density at radius 1 is 0.897 bits per heavy atom. The second-order valence-corrected chi connectivity index (χ2v) is 17.0. The monoisotopic (exact) mass is 788 g/mol. The first-order chi connectivity index (χ1) is 28.0. The molecule has 306 valence electrons. The largest absolute Gasteiger partial charge is 0.497 e. The lowest BCUT2D eigenvalue weighted by atomic mass is 9.89. The van der Waals surface area contributed by atoms with Gasteiger partial charge in [-0.2, -0.15) is 0 Å². The lowest BCUT2D eigenvalue weighted by Crippen LogP contribution is -2.40. The average molecular weight is 789 g/mol. The van der Waals surface area contributed by atoms with Crippen LogP contribution in [0.3, 0.4) is 0 Å². The van der Waals surface area contributed by atoms with E-state index in [2.05, 4.69) is 37.8 Å². The molecule has 58 heavy (non-hydrogen) atoms. The Morgan fingerprint density at radius 3 is 2.31 bits per heavy atom. The van der Waals surface area contributed by atoms with Crippen molar-refractivity contribution in [1.82, 2.24) is 0 Å². The van der Waals surface area contributed by atoms with E-state index in [0.29, 0.717) is 60.6 Å². The summed E-state index contributed by atoms with van der Waals surface area (Å²) >= 11 is 0. The number of hydrogen-bond acceptors (Lipinski definition) is 9. The van der Waals surface area contributed by atoms with Crippen molar-refractivity contribution in [3.63, 3.8) is 0 Å². The number of esters is 2. The number of benzene rings is 4. The average Bonchev–Trinajstić information content (AvgIpc) is 3.98. The van der Waals surface area contributed by atoms with Gasteiger partial charge in [-0.1, -0.05) is 57.2 Å². The van der Waals surface area contributed by atoms with Crippen LogP contribution in [0.1, 0.15) is 96.2 Å². The fourth-order valence-electron chi connectivity index (χ4n) is 8.05. The van der Waals surface area contributed by atoms with Crippen LogP contribution in [0.15, 0.2) is 84.9 Å². The summed E-state index contributed by atoms with van der Waals surface area (Å²) in [6.07, 6.45) is 5.22. The van der Waals surface area contributed by atoms with Crippen molar-refractivity contribution in [2.75, 3.05) is 56.9 Å². The van der Waals surface area contributed by atoms with Crippen molar-refractivity contribution < 1.29 is 38.1 Å². The summed E-state index contributed by atoms with van der Waals surface area (Å²) in [6.45, 7) is 9.65. The number of fused-ring (bicyclic) bond motifs is 1. The van der Waals surface area contributed by atoms with E-state index in [-0.39, 0.29) is 29.8 Å². The Kier molecular flexibility index (Phi) is 12.6. The van der Waals surface area contributed by atoms with Gasteiger partial charge in [0.25, 0.3) is 5.91 Å². The van der Waals surface area contributed by atoms with Crippen LogP contribution >= 0.6 is 0 Å². The summed E-state index contributed by atoms with van der Waals surface area (Å²) in [5.74, 6) is 2.48. The first kappa shape index (κ1) is 40.7. The molecular formula is C48H56N2O8. The second kappa shape index (κ2) is 18.0. The van der Waals surface area contributed by atoms with E-state index in [0.717, 1.165) is 79.1 Å². The van der Waals surface area contributed by atoms with Crippen LogP contribution in [0, 0.1) is 17.3 Å². The standard InChI is InChI=1S/C48H56N2O8/c1-48(2,3)31-50(38-15-13-35(14-16-38)47(53)58-30-32-9-7-6-8-10-32)46(52)40-18-17-39(54-4)27-42(40)49-22-19-33(20-23-49)29-57-43-26-37(25-36-21-24-56-45(36)43)41(34-11-12-34)28-44(51)55-5/h6-10,13-18,25-27,33-34,41H,11-12,19-24,28-31H2,1-5H3. The van der Waals surface area contributed by atoms with Gasteiger partial charge in [-0.3, -0.25) is 9.59 Å². The third-order valence-corrected chi connectivity index (χ3v) is 11.4. The summed E-state index contributed by atoms with van der Waals surface area (Å²) < 4.78 is 28.9. The second-order valence-electron chi connectivity index (χ2n) is 17.0. The van der Waals surface area contributed by atoms with Crippen molar-refractivity contribution in [1.29, 1.82) is 0 Å². The van der Waals surface area contributed by atoms with Crippen LogP contribution in [-0.2, 0) is 27.3 Å². The van der Waals surface area contributed by atoms with E-state index in [1.54, 1.807) is 24.1 Å². The topological polar surface area (TPSA) is 104 Å². The van der Waals surface area contributed by atoms with Crippen molar-refractivity contribution in [2.45, 2.75) is 71.8 Å². The van der Waals surface area contributed by atoms with Gasteiger partial charge < -0.3 is 33.5 Å². The van der Waals surface area contributed by atoms with E-state index in [9.17, 15) is 14.4 Å². The summed E-state index contributed by atoms with van der Waals surface area (Å²) in [7, 11) is 3.09. The van der Waals surface area contributed by atoms with E-state index >= 15 is 0 Å². The van der Waals surface area contributed by atoms with Crippen LogP contribution in [0.4, 0.5) is 11.4 Å². The maximum absolute atomic E-state index is 14.7. The number of hydrogen-bond donors (Lipinski definition) is 0. The molecule has 1 saturated carbocycles. The minimum atomic E-state index is -0.418. The molecule has 1 amide bonds. The van der Waals surface area contributed by atoms with E-state index < -0.39 is 5.97 Å². The Balaban J connectivity index is 1.04. The minimum Gasteiger partial charge on any atom is -0.497 e. The Morgan fingerprint density at radius 2 is 1.64 bits per heavy atom. The van der Waals surface area contributed by atoms with Crippen LogP contribution in [0.5, 0.6) is 17.2 Å². The van der Waals surface area contributed by atoms with Crippen LogP contribution in [0.25, 0.3) is 0 Å². The zero-order chi connectivity index (χ0) is 40.8. The molecule has 2 fully saturated rings. The predicted molar refractivity (Wildman–Crippen MR) is 224 cm³/mol. The Bertz CT molecular complexity index is 2060. The maximum Gasteiger partial charge on any atom is 0.338 e. The van der Waals surface area contributed by atoms with E-state index in [4.69, 9.17) is 23.7 Å². The molecule has 1 unspecified atom stereocenters. The van der Waals surface area contributed by atoms with E-state index in [1.165, 1.54) is 7.11 Å². The molecule has 0 radical (unpaired) electrons. The molecule has 4 aromatic rings. The van der Waals surface area contributed by atoms with Gasteiger partial charge in [-0.15, -0.1) is 0 Å². The molecule has 0 aromatic heterocycles. The number of carbonyl (C=O) groups is 3. The van der Waals surface area contributed by atoms with E-state index in [1.807, 2.05) is 60.7 Å². The smallest absolute Gasteiger partial charge is 0.338 e. The number of carbonyl (C=O) groups excluding carboxylic acids is 3. The molecule has 2 aliphatic heterocycles. The quantitative estimate of drug-likeness (QED) is 0.109. The zero-order valence-electron chi connectivity index (χ0n) is 34.5. The number of amides is 1. The van der Waals surface area contributed by atoms with Crippen LogP contribution in [0.2, 0.25) is 0 Å². The number of methoxy groups -OCH3 is 2. The van der Waals surface area contributed by atoms with Gasteiger partial charge in [0.15, 0.2) is 11.5 Å². The molecule has 0 bridgehead atoms. The lowest BCUT2D eigenvalue weighted by molar-refractivity contribution is -0.141. The molecule has 10 heteroatoms. The lowest BCUT2D eigenvalue weighted by Gasteiger charge is -2.36. The molecule has 3 aliphatic rings. The third kappa shape index (κ3) is 9.95. The first-order valence-corrected chi connectivity index (χ1v) is 20.5. The highest BCUT2D eigenvalue weighted by atomic mass is 16.5. The summed E-state index contributed by atoms with van der Waals surface area (Å²) in [6, 6.07) is 26.6. The van der Waals surface area contributed by atoms with Gasteiger partial charge in [-0.25, -0.2) is 4.79 Å². The summed E-state index contributed by atoms with van der Waals surface area (Å²) in [5, 5.41) is 0. The maximum atomic E-state index is 14.7. The van der Waals surface area contributed by atoms with Crippen LogP contribution < -0.4 is 24.0 Å². The van der Waals surface area contributed by atoms with Gasteiger partial charge in [0.05, 0.1) is 50.7 Å². The third-order valence-electron chi connectivity index (χ3n) is 11.4. The number of rotatable bonds is 15. The Labute approximate surface area is 342 Å². The van der Waals surface area contributed by atoms with Crippen molar-refractivity contribution in [3.8, 4) is 17.2 Å². The Hall–Kier alpha value is -5.51. The SMILES string of the molecule is COC(=O)CC(c1cc2c(c(OCC3CCN(c4cc(OC)ccc4C(=O)N(CC(C)(C)C)c4ccc(C(=O)OCc5ccccc5)cc4)CC3)c1)OCC2)C1CC1. The highest BCUT2D eigenvalue weighted by Gasteiger charge is 2.36. The van der Waals surface area contributed by atoms with Gasteiger partial charge in [0.1, 0.15) is 12.4 Å². The minimum absolute atomic E-state index is 0.122. The number of anilines is 2. The molecule has 1 aliphatic carbocycles. The normalized spacial score (nSPS) is 15.8. The predicted octanol–water partition coefficient (Wildman–Crippen LogP) is 9.03. The van der Waals surface area contributed by atoms with Crippen molar-refractivity contribution in [3.05, 3.63) is 113 Å². The number of nitrogens with zero attached hydrogens (tertiary/aromatic N) is 2. The van der Waals surface area contributed by atoms with Crippen molar-refractivity contribution >= 4 is 29.2 Å². The van der Waals surface area contributed by atoms with Crippen LogP contribution in [-0.4, -0.2) is 64.9 Å². The van der Waals surface area contributed by atoms with Gasteiger partial charge in [-0.05, 0) is 102 Å². The molecule has 2 heterocycles. The fourth-order valence-corrected chi connectivity index (χ4v) is 8.05. The number of piperidine rings is 1. The molecule has 0 N–H and O–H groups in total. The van der Waals surface area contributed by atoms with Gasteiger partial charge in [0, 0.05) is 43.4 Å². The molecule has 1 atom stereocenters. The first-order valence-electron chi connectivity index (χ1n) is 20.5. The van der Waals surface area contributed by atoms with Gasteiger partial charge >= 0.3 is 11.9 Å². The highest BCUT2D eigenvalue weighted by molar-refractivity contribution is 6.10.